The average molecular weight is 338 g/mol. The SMILES string of the molecule is O=C(Nc1ncc(Cc2ccc(F)c(Cl)c2)s1)c1ccon1. The molecule has 1 N–H and O–H groups in total. The van der Waals surface area contributed by atoms with Gasteiger partial charge in [-0.15, -0.1) is 11.3 Å². The summed E-state index contributed by atoms with van der Waals surface area (Å²) in [4.78, 5) is 16.8. The van der Waals surface area contributed by atoms with E-state index >= 15 is 0 Å². The molecular weight excluding hydrogens is 329 g/mol. The third-order valence-electron chi connectivity index (χ3n) is 2.81. The Hall–Kier alpha value is -2.25. The van der Waals surface area contributed by atoms with E-state index in [1.165, 1.54) is 29.7 Å². The van der Waals surface area contributed by atoms with Crippen molar-refractivity contribution in [3.63, 3.8) is 0 Å². The van der Waals surface area contributed by atoms with Crippen molar-refractivity contribution in [1.29, 1.82) is 0 Å². The smallest absolute Gasteiger partial charge is 0.279 e. The normalized spacial score (nSPS) is 10.6. The topological polar surface area (TPSA) is 68.0 Å². The maximum absolute atomic E-state index is 13.1. The molecule has 0 unspecified atom stereocenters. The van der Waals surface area contributed by atoms with Crippen molar-refractivity contribution in [2.45, 2.75) is 6.42 Å². The summed E-state index contributed by atoms with van der Waals surface area (Å²) in [6.07, 6.45) is 3.53. The molecule has 0 radical (unpaired) electrons. The summed E-state index contributed by atoms with van der Waals surface area (Å²) in [5.41, 5.74) is 1.05. The van der Waals surface area contributed by atoms with Crippen molar-refractivity contribution in [3.05, 3.63) is 63.7 Å². The van der Waals surface area contributed by atoms with Crippen LogP contribution in [0, 0.1) is 5.82 Å². The van der Waals surface area contributed by atoms with Crippen LogP contribution in [0.25, 0.3) is 0 Å². The van der Waals surface area contributed by atoms with E-state index in [0.29, 0.717) is 11.6 Å². The second-order valence-corrected chi connectivity index (χ2v) is 5.92. The summed E-state index contributed by atoms with van der Waals surface area (Å²) in [6, 6.07) is 6.02. The molecule has 0 saturated heterocycles. The number of aromatic nitrogens is 2. The van der Waals surface area contributed by atoms with E-state index < -0.39 is 5.82 Å². The van der Waals surface area contributed by atoms with Crippen molar-refractivity contribution < 1.29 is 13.7 Å². The maximum Gasteiger partial charge on any atom is 0.279 e. The lowest BCUT2D eigenvalue weighted by Crippen LogP contribution is -2.11. The lowest BCUT2D eigenvalue weighted by atomic mass is 10.1. The Balaban J connectivity index is 1.68. The molecule has 0 aliphatic carbocycles. The standard InChI is InChI=1S/C14H9ClFN3O2S/c15-10-6-8(1-2-11(10)16)5-9-7-17-14(22-9)18-13(20)12-3-4-21-19-12/h1-4,6-7H,5H2,(H,17,18,20). The van der Waals surface area contributed by atoms with Gasteiger partial charge in [0.2, 0.25) is 0 Å². The monoisotopic (exact) mass is 337 g/mol. The number of rotatable bonds is 4. The van der Waals surface area contributed by atoms with Crippen LogP contribution in [0.4, 0.5) is 9.52 Å². The molecule has 3 aromatic rings. The van der Waals surface area contributed by atoms with Gasteiger partial charge < -0.3 is 4.52 Å². The Morgan fingerprint density at radius 2 is 2.27 bits per heavy atom. The molecule has 0 spiro atoms. The summed E-state index contributed by atoms with van der Waals surface area (Å²) in [5, 5.41) is 6.71. The molecular formula is C14H9ClFN3O2S. The van der Waals surface area contributed by atoms with E-state index in [4.69, 9.17) is 11.6 Å². The third-order valence-corrected chi connectivity index (χ3v) is 4.01. The number of halogens is 2. The highest BCUT2D eigenvalue weighted by molar-refractivity contribution is 7.15. The van der Waals surface area contributed by atoms with Gasteiger partial charge in [0.25, 0.3) is 5.91 Å². The Morgan fingerprint density at radius 3 is 3.00 bits per heavy atom. The molecule has 0 saturated carbocycles. The minimum Gasteiger partial charge on any atom is -0.364 e. The van der Waals surface area contributed by atoms with Gasteiger partial charge in [-0.2, -0.15) is 0 Å². The van der Waals surface area contributed by atoms with Gasteiger partial charge in [-0.1, -0.05) is 22.8 Å². The fraction of sp³-hybridized carbons (Fsp3) is 0.0714. The number of nitrogens with zero attached hydrogens (tertiary/aromatic N) is 2. The summed E-state index contributed by atoms with van der Waals surface area (Å²) < 4.78 is 17.7. The number of amides is 1. The summed E-state index contributed by atoms with van der Waals surface area (Å²) in [6.45, 7) is 0. The number of nitrogens with one attached hydrogen (secondary N) is 1. The van der Waals surface area contributed by atoms with Crippen LogP contribution in [0.3, 0.4) is 0 Å². The molecule has 0 aliphatic rings. The molecule has 0 atom stereocenters. The zero-order valence-corrected chi connectivity index (χ0v) is 12.6. The van der Waals surface area contributed by atoms with Crippen LogP contribution < -0.4 is 5.32 Å². The van der Waals surface area contributed by atoms with E-state index in [0.717, 1.165) is 10.4 Å². The zero-order valence-electron chi connectivity index (χ0n) is 11.0. The van der Waals surface area contributed by atoms with Crippen LogP contribution in [-0.4, -0.2) is 16.0 Å². The van der Waals surface area contributed by atoms with Gasteiger partial charge in [-0.25, -0.2) is 9.37 Å². The van der Waals surface area contributed by atoms with Crippen molar-refractivity contribution >= 4 is 34.0 Å². The van der Waals surface area contributed by atoms with E-state index in [-0.39, 0.29) is 16.6 Å². The first-order valence-electron chi connectivity index (χ1n) is 6.22. The molecule has 112 valence electrons. The molecule has 1 aromatic carbocycles. The quantitative estimate of drug-likeness (QED) is 0.787. The van der Waals surface area contributed by atoms with Gasteiger partial charge in [-0.05, 0) is 17.7 Å². The third kappa shape index (κ3) is 3.32. The van der Waals surface area contributed by atoms with Crippen molar-refractivity contribution in [1.82, 2.24) is 10.1 Å². The van der Waals surface area contributed by atoms with Crippen LogP contribution in [0.15, 0.2) is 41.2 Å². The fourth-order valence-electron chi connectivity index (χ4n) is 1.79. The molecule has 0 bridgehead atoms. The summed E-state index contributed by atoms with van der Waals surface area (Å²) in [7, 11) is 0. The van der Waals surface area contributed by atoms with Gasteiger partial charge in [0, 0.05) is 23.6 Å². The van der Waals surface area contributed by atoms with E-state index in [9.17, 15) is 9.18 Å². The van der Waals surface area contributed by atoms with Crippen molar-refractivity contribution in [3.8, 4) is 0 Å². The number of thiazole rings is 1. The van der Waals surface area contributed by atoms with E-state index in [1.807, 2.05) is 0 Å². The van der Waals surface area contributed by atoms with Gasteiger partial charge in [-0.3, -0.25) is 10.1 Å². The molecule has 2 heterocycles. The number of hydrogen-bond donors (Lipinski definition) is 1. The lowest BCUT2D eigenvalue weighted by molar-refractivity contribution is 0.101. The van der Waals surface area contributed by atoms with Gasteiger partial charge in [0.15, 0.2) is 10.8 Å². The van der Waals surface area contributed by atoms with Crippen LogP contribution in [0.1, 0.15) is 20.9 Å². The number of hydrogen-bond acceptors (Lipinski definition) is 5. The molecule has 22 heavy (non-hydrogen) atoms. The number of carbonyl (C=O) groups is 1. The highest BCUT2D eigenvalue weighted by atomic mass is 35.5. The largest absolute Gasteiger partial charge is 0.364 e. The minimum atomic E-state index is -0.449. The molecule has 8 heteroatoms. The Bertz CT molecular complexity index is 804. The number of anilines is 1. The Kier molecular flexibility index (Phi) is 4.17. The Labute approximate surface area is 133 Å². The molecule has 0 aliphatic heterocycles. The number of benzene rings is 1. The minimum absolute atomic E-state index is 0.0848. The maximum atomic E-state index is 13.1. The first-order chi connectivity index (χ1) is 10.6. The first-order valence-corrected chi connectivity index (χ1v) is 7.41. The highest BCUT2D eigenvalue weighted by Crippen LogP contribution is 2.23. The van der Waals surface area contributed by atoms with Crippen LogP contribution in [-0.2, 0) is 6.42 Å². The number of carbonyl (C=O) groups excluding carboxylic acids is 1. The van der Waals surface area contributed by atoms with Gasteiger partial charge >= 0.3 is 0 Å². The van der Waals surface area contributed by atoms with Crippen LogP contribution >= 0.6 is 22.9 Å². The highest BCUT2D eigenvalue weighted by Gasteiger charge is 2.12. The molecule has 1 amide bonds. The van der Waals surface area contributed by atoms with Crippen molar-refractivity contribution in [2.24, 2.45) is 0 Å². The second-order valence-electron chi connectivity index (χ2n) is 4.40. The lowest BCUT2D eigenvalue weighted by Gasteiger charge is -2.00. The zero-order chi connectivity index (χ0) is 15.5. The second kappa shape index (κ2) is 6.25. The molecule has 2 aromatic heterocycles. The summed E-state index contributed by atoms with van der Waals surface area (Å²) in [5.74, 6) is -0.838. The Morgan fingerprint density at radius 1 is 1.41 bits per heavy atom. The fourth-order valence-corrected chi connectivity index (χ4v) is 2.83. The molecule has 5 nitrogen and oxygen atoms in total. The van der Waals surface area contributed by atoms with Crippen LogP contribution in [0.2, 0.25) is 5.02 Å². The predicted molar refractivity (Wildman–Crippen MR) is 80.8 cm³/mol. The van der Waals surface area contributed by atoms with E-state index in [1.54, 1.807) is 18.3 Å². The first kappa shape index (κ1) is 14.7. The molecule has 3 rings (SSSR count). The predicted octanol–water partition coefficient (Wildman–Crippen LogP) is 3.77. The van der Waals surface area contributed by atoms with Crippen molar-refractivity contribution in [2.75, 3.05) is 5.32 Å². The van der Waals surface area contributed by atoms with Gasteiger partial charge in [0.05, 0.1) is 5.02 Å². The van der Waals surface area contributed by atoms with Gasteiger partial charge in [0.1, 0.15) is 12.1 Å². The average Bonchev–Trinajstić information content (AvgIpc) is 3.15. The van der Waals surface area contributed by atoms with Crippen LogP contribution in [0.5, 0.6) is 0 Å². The molecule has 0 fully saturated rings. The van der Waals surface area contributed by atoms with E-state index in [2.05, 4.69) is 20.0 Å². The summed E-state index contributed by atoms with van der Waals surface area (Å²) >= 11 is 7.08.